The molecule has 1 amide bonds. The molecule has 0 fully saturated rings. The first kappa shape index (κ1) is 23.5. The van der Waals surface area contributed by atoms with Gasteiger partial charge < -0.3 is 24.3 Å². The van der Waals surface area contributed by atoms with Gasteiger partial charge in [0.15, 0.2) is 22.9 Å². The summed E-state index contributed by atoms with van der Waals surface area (Å²) in [6, 6.07) is 19.4. The second-order valence-corrected chi connectivity index (χ2v) is 8.89. The smallest absolute Gasteiger partial charge is 0.290 e. The summed E-state index contributed by atoms with van der Waals surface area (Å²) in [5, 5.41) is 22.2. The third kappa shape index (κ3) is 4.18. The molecule has 0 saturated heterocycles. The number of nitrogens with zero attached hydrogens (tertiary/aromatic N) is 1. The molecule has 182 valence electrons. The summed E-state index contributed by atoms with van der Waals surface area (Å²) in [4.78, 5) is 28.3. The highest BCUT2D eigenvalue weighted by Gasteiger charge is 2.44. The monoisotopic (exact) mass is 503 g/mol. The number of para-hydroxylation sites is 1. The van der Waals surface area contributed by atoms with Gasteiger partial charge >= 0.3 is 0 Å². The number of hydrogen-bond acceptors (Lipinski definition) is 6. The number of methoxy groups -OCH3 is 1. The minimum absolute atomic E-state index is 0.0238. The van der Waals surface area contributed by atoms with Crippen LogP contribution in [0.2, 0.25) is 5.02 Å². The van der Waals surface area contributed by atoms with Crippen molar-refractivity contribution in [2.75, 3.05) is 13.7 Å². The third-order valence-corrected chi connectivity index (χ3v) is 6.49. The maximum absolute atomic E-state index is 13.7. The van der Waals surface area contributed by atoms with Gasteiger partial charge in [0.2, 0.25) is 5.78 Å². The first-order valence-electron chi connectivity index (χ1n) is 11.3. The summed E-state index contributed by atoms with van der Waals surface area (Å²) in [5.74, 6) is -1.54. The van der Waals surface area contributed by atoms with Gasteiger partial charge in [-0.15, -0.1) is 0 Å². The third-order valence-electron chi connectivity index (χ3n) is 6.24. The number of phenolic OH excluding ortho intramolecular Hbond substituents is 1. The van der Waals surface area contributed by atoms with Gasteiger partial charge in [-0.05, 0) is 53.9 Å². The zero-order valence-corrected chi connectivity index (χ0v) is 20.0. The molecule has 1 aliphatic rings. The van der Waals surface area contributed by atoms with Gasteiger partial charge in [0, 0.05) is 17.0 Å². The van der Waals surface area contributed by atoms with Gasteiger partial charge in [0.1, 0.15) is 5.75 Å². The van der Waals surface area contributed by atoms with E-state index in [1.54, 1.807) is 48.5 Å². The molecule has 0 spiro atoms. The van der Waals surface area contributed by atoms with Crippen LogP contribution in [-0.4, -0.2) is 40.5 Å². The van der Waals surface area contributed by atoms with Crippen LogP contribution in [0.3, 0.4) is 0 Å². The van der Waals surface area contributed by atoms with E-state index < -0.39 is 23.5 Å². The highest BCUT2D eigenvalue weighted by molar-refractivity contribution is 6.30. The number of rotatable bonds is 7. The molecule has 7 nitrogen and oxygen atoms in total. The van der Waals surface area contributed by atoms with Crippen LogP contribution in [0.4, 0.5) is 0 Å². The zero-order valence-electron chi connectivity index (χ0n) is 19.3. The molecule has 2 N–H and O–H groups in total. The minimum Gasteiger partial charge on any atom is -0.508 e. The highest BCUT2D eigenvalue weighted by Crippen LogP contribution is 2.41. The van der Waals surface area contributed by atoms with Crippen LogP contribution in [0.15, 0.2) is 88.5 Å². The lowest BCUT2D eigenvalue weighted by Crippen LogP contribution is -2.33. The number of hydrogen-bond donors (Lipinski definition) is 2. The van der Waals surface area contributed by atoms with E-state index in [0.717, 1.165) is 5.56 Å². The molecule has 0 saturated carbocycles. The number of aromatic hydroxyl groups is 1. The van der Waals surface area contributed by atoms with Crippen LogP contribution in [0.25, 0.3) is 11.0 Å². The molecule has 1 aromatic heterocycles. The summed E-state index contributed by atoms with van der Waals surface area (Å²) in [6.45, 7) is 0.218. The largest absolute Gasteiger partial charge is 0.508 e. The van der Waals surface area contributed by atoms with E-state index in [4.69, 9.17) is 20.8 Å². The number of furan rings is 1. The van der Waals surface area contributed by atoms with Gasteiger partial charge in [-0.3, -0.25) is 9.59 Å². The second kappa shape index (κ2) is 9.43. The Hall–Kier alpha value is -4.23. The molecule has 1 atom stereocenters. The van der Waals surface area contributed by atoms with E-state index in [9.17, 15) is 19.8 Å². The van der Waals surface area contributed by atoms with Crippen molar-refractivity contribution in [2.24, 2.45) is 0 Å². The fourth-order valence-electron chi connectivity index (χ4n) is 4.50. The van der Waals surface area contributed by atoms with E-state index in [0.29, 0.717) is 33.7 Å². The summed E-state index contributed by atoms with van der Waals surface area (Å²) in [6.07, 6.45) is 0.467. The highest BCUT2D eigenvalue weighted by atomic mass is 35.5. The number of ketones is 1. The predicted molar refractivity (Wildman–Crippen MR) is 134 cm³/mol. The number of aliphatic hydroxyl groups is 1. The fraction of sp³-hybridized carbons (Fsp3) is 0.143. The Morgan fingerprint density at radius 1 is 1.06 bits per heavy atom. The van der Waals surface area contributed by atoms with Crippen LogP contribution in [0, 0.1) is 0 Å². The lowest BCUT2D eigenvalue weighted by molar-refractivity contribution is -0.129. The van der Waals surface area contributed by atoms with Crippen LogP contribution in [-0.2, 0) is 11.2 Å². The van der Waals surface area contributed by atoms with Crippen LogP contribution < -0.4 is 4.74 Å². The van der Waals surface area contributed by atoms with Crippen LogP contribution in [0.1, 0.15) is 27.7 Å². The average molecular weight is 504 g/mol. The molecule has 4 aromatic rings. The zero-order chi connectivity index (χ0) is 25.4. The number of carbonyl (C=O) groups is 2. The molecule has 1 aliphatic heterocycles. The SMILES string of the molecule is COc1cccc2cc(C(=O)C3=C(O)C(=O)N(CCc4ccc(Cl)cc4)C3c3cccc(O)c3)oc12. The Kier molecular flexibility index (Phi) is 6.16. The molecular weight excluding hydrogens is 482 g/mol. The Morgan fingerprint density at radius 3 is 2.53 bits per heavy atom. The Labute approximate surface area is 211 Å². The van der Waals surface area contributed by atoms with Crippen molar-refractivity contribution in [3.05, 3.63) is 106 Å². The molecule has 36 heavy (non-hydrogen) atoms. The lowest BCUT2D eigenvalue weighted by atomic mass is 9.94. The molecule has 0 radical (unpaired) electrons. The van der Waals surface area contributed by atoms with E-state index in [-0.39, 0.29) is 23.6 Å². The van der Waals surface area contributed by atoms with Crippen LogP contribution >= 0.6 is 11.6 Å². The van der Waals surface area contributed by atoms with E-state index in [1.165, 1.54) is 24.1 Å². The van der Waals surface area contributed by atoms with Crippen LogP contribution in [0.5, 0.6) is 11.5 Å². The quantitative estimate of drug-likeness (QED) is 0.317. The summed E-state index contributed by atoms with van der Waals surface area (Å²) < 4.78 is 11.1. The van der Waals surface area contributed by atoms with Gasteiger partial charge in [0.05, 0.1) is 18.7 Å². The number of amides is 1. The number of Topliss-reactive ketones (excluding diaryl/α,β-unsaturated/α-hetero) is 1. The lowest BCUT2D eigenvalue weighted by Gasteiger charge is -2.27. The Balaban J connectivity index is 1.54. The van der Waals surface area contributed by atoms with E-state index >= 15 is 0 Å². The maximum Gasteiger partial charge on any atom is 0.290 e. The molecule has 1 unspecified atom stereocenters. The number of fused-ring (bicyclic) bond motifs is 1. The molecule has 0 aliphatic carbocycles. The summed E-state index contributed by atoms with van der Waals surface area (Å²) in [7, 11) is 1.50. The molecular formula is C28H22ClNO6. The van der Waals surface area contributed by atoms with Gasteiger partial charge in [0.25, 0.3) is 5.91 Å². The number of carbonyl (C=O) groups excluding carboxylic acids is 2. The van der Waals surface area contributed by atoms with E-state index in [2.05, 4.69) is 0 Å². The molecule has 3 aromatic carbocycles. The van der Waals surface area contributed by atoms with Gasteiger partial charge in [-0.25, -0.2) is 0 Å². The van der Waals surface area contributed by atoms with Crippen molar-refractivity contribution in [2.45, 2.75) is 12.5 Å². The predicted octanol–water partition coefficient (Wildman–Crippen LogP) is 5.62. The molecule has 2 heterocycles. The first-order valence-corrected chi connectivity index (χ1v) is 11.6. The number of halogens is 1. The van der Waals surface area contributed by atoms with Crippen molar-refractivity contribution < 1.29 is 29.0 Å². The minimum atomic E-state index is -0.917. The summed E-state index contributed by atoms with van der Waals surface area (Å²) in [5.41, 5.74) is 1.70. The van der Waals surface area contributed by atoms with Crippen molar-refractivity contribution in [3.8, 4) is 11.5 Å². The van der Waals surface area contributed by atoms with Crippen molar-refractivity contribution in [1.82, 2.24) is 4.90 Å². The second-order valence-electron chi connectivity index (χ2n) is 8.45. The Bertz CT molecular complexity index is 1500. The normalized spacial score (nSPS) is 15.7. The number of ether oxygens (including phenoxy) is 1. The summed E-state index contributed by atoms with van der Waals surface area (Å²) >= 11 is 5.98. The fourth-order valence-corrected chi connectivity index (χ4v) is 4.63. The maximum atomic E-state index is 13.7. The Morgan fingerprint density at radius 2 is 1.81 bits per heavy atom. The van der Waals surface area contributed by atoms with Crippen molar-refractivity contribution >= 4 is 34.3 Å². The molecule has 5 rings (SSSR count). The van der Waals surface area contributed by atoms with E-state index in [1.807, 2.05) is 12.1 Å². The van der Waals surface area contributed by atoms with Gasteiger partial charge in [-0.1, -0.05) is 48.0 Å². The molecule has 0 bridgehead atoms. The van der Waals surface area contributed by atoms with Gasteiger partial charge in [-0.2, -0.15) is 0 Å². The number of aliphatic hydroxyl groups excluding tert-OH is 1. The van der Waals surface area contributed by atoms with Crippen molar-refractivity contribution in [1.29, 1.82) is 0 Å². The average Bonchev–Trinajstić information content (AvgIpc) is 3.42. The first-order chi connectivity index (χ1) is 17.4. The number of phenols is 1. The van der Waals surface area contributed by atoms with Crippen molar-refractivity contribution in [3.63, 3.8) is 0 Å². The topological polar surface area (TPSA) is 100 Å². The standard InChI is InChI=1S/C28H22ClNO6/c1-35-21-7-3-5-18-15-22(36-27(18)21)25(32)23-24(17-4-2-6-20(31)14-17)30(28(34)26(23)33)13-12-16-8-10-19(29)11-9-16/h2-11,14-15,24,31,33H,12-13H2,1H3. The molecule has 8 heteroatoms. The number of benzene rings is 3.